The van der Waals surface area contributed by atoms with E-state index in [1.165, 1.54) is 0 Å². The quantitative estimate of drug-likeness (QED) is 0.496. The van der Waals surface area contributed by atoms with Gasteiger partial charge in [0.25, 0.3) is 5.91 Å². The van der Waals surface area contributed by atoms with Crippen molar-refractivity contribution in [3.05, 3.63) is 89.5 Å². The fourth-order valence-corrected chi connectivity index (χ4v) is 3.08. The molecule has 0 radical (unpaired) electrons. The van der Waals surface area contributed by atoms with Crippen LogP contribution in [-0.4, -0.2) is 33.5 Å². The molecule has 0 atom stereocenters. The third-order valence-electron chi connectivity index (χ3n) is 4.62. The molecule has 7 heteroatoms. The number of rotatable bonds is 6. The van der Waals surface area contributed by atoms with Crippen molar-refractivity contribution in [2.45, 2.75) is 13.5 Å². The van der Waals surface area contributed by atoms with Crippen molar-refractivity contribution in [1.82, 2.24) is 15.0 Å². The van der Waals surface area contributed by atoms with Crippen molar-refractivity contribution in [2.24, 2.45) is 0 Å². The molecule has 7 nitrogen and oxygen atoms in total. The summed E-state index contributed by atoms with van der Waals surface area (Å²) in [7, 11) is 0. The van der Waals surface area contributed by atoms with E-state index in [1.54, 1.807) is 43.3 Å². The number of amides is 1. The Morgan fingerprint density at radius 2 is 1.63 bits per heavy atom. The van der Waals surface area contributed by atoms with Gasteiger partial charge in [-0.15, -0.1) is 5.10 Å². The standard InChI is InChI=1S/C23H20N4O3/c1-2-30-23(29)18-11-13-19(14-12-18)24-22(28)17-9-7-16(8-10-17)15-27-21-6-4-3-5-20(21)25-26-27/h3-14H,2,15H2,1H3,(H,24,28). The molecule has 1 heterocycles. The van der Waals surface area contributed by atoms with Crippen molar-refractivity contribution >= 4 is 28.6 Å². The summed E-state index contributed by atoms with van der Waals surface area (Å²) in [4.78, 5) is 24.2. The second kappa shape index (κ2) is 8.57. The summed E-state index contributed by atoms with van der Waals surface area (Å²) in [6, 6.07) is 21.7. The zero-order chi connectivity index (χ0) is 20.9. The summed E-state index contributed by atoms with van der Waals surface area (Å²) in [6.45, 7) is 2.64. The molecule has 0 saturated carbocycles. The van der Waals surface area contributed by atoms with Gasteiger partial charge in [0, 0.05) is 11.3 Å². The van der Waals surface area contributed by atoms with Crippen LogP contribution in [0, 0.1) is 0 Å². The van der Waals surface area contributed by atoms with Gasteiger partial charge in [0.15, 0.2) is 0 Å². The monoisotopic (exact) mass is 400 g/mol. The number of hydrogen-bond donors (Lipinski definition) is 1. The molecule has 0 unspecified atom stereocenters. The molecule has 0 bridgehead atoms. The highest BCUT2D eigenvalue weighted by Crippen LogP contribution is 2.15. The molecule has 0 saturated heterocycles. The van der Waals surface area contributed by atoms with Crippen molar-refractivity contribution in [3.63, 3.8) is 0 Å². The smallest absolute Gasteiger partial charge is 0.338 e. The van der Waals surface area contributed by atoms with Gasteiger partial charge in [0.1, 0.15) is 5.52 Å². The zero-order valence-corrected chi connectivity index (χ0v) is 16.4. The number of nitrogens with zero attached hydrogens (tertiary/aromatic N) is 3. The first kappa shape index (κ1) is 19.3. The largest absolute Gasteiger partial charge is 0.462 e. The average Bonchev–Trinajstić information content (AvgIpc) is 3.18. The Kier molecular flexibility index (Phi) is 5.52. The first-order valence-electron chi connectivity index (χ1n) is 9.60. The number of anilines is 1. The minimum Gasteiger partial charge on any atom is -0.462 e. The van der Waals surface area contributed by atoms with Gasteiger partial charge < -0.3 is 10.1 Å². The maximum atomic E-state index is 12.5. The van der Waals surface area contributed by atoms with Crippen molar-refractivity contribution < 1.29 is 14.3 Å². The molecule has 4 rings (SSSR count). The number of carbonyl (C=O) groups is 2. The van der Waals surface area contributed by atoms with E-state index in [0.717, 1.165) is 16.6 Å². The molecule has 0 fully saturated rings. The van der Waals surface area contributed by atoms with Crippen LogP contribution in [0.15, 0.2) is 72.8 Å². The highest BCUT2D eigenvalue weighted by atomic mass is 16.5. The third kappa shape index (κ3) is 4.20. The van der Waals surface area contributed by atoms with E-state index in [9.17, 15) is 9.59 Å². The molecule has 0 spiro atoms. The van der Waals surface area contributed by atoms with Gasteiger partial charge in [0.05, 0.1) is 24.2 Å². The predicted octanol–water partition coefficient (Wildman–Crippen LogP) is 3.91. The summed E-state index contributed by atoms with van der Waals surface area (Å²) in [5, 5.41) is 11.2. The molecule has 0 aliphatic carbocycles. The lowest BCUT2D eigenvalue weighted by Gasteiger charge is -2.08. The molecular weight excluding hydrogens is 380 g/mol. The van der Waals surface area contributed by atoms with E-state index in [4.69, 9.17) is 4.74 Å². The highest BCUT2D eigenvalue weighted by Gasteiger charge is 2.10. The Morgan fingerprint density at radius 3 is 2.37 bits per heavy atom. The third-order valence-corrected chi connectivity index (χ3v) is 4.62. The van der Waals surface area contributed by atoms with Gasteiger partial charge in [-0.05, 0) is 61.0 Å². The van der Waals surface area contributed by atoms with E-state index in [-0.39, 0.29) is 11.9 Å². The lowest BCUT2D eigenvalue weighted by Crippen LogP contribution is -2.12. The summed E-state index contributed by atoms with van der Waals surface area (Å²) in [5.41, 5.74) is 4.41. The van der Waals surface area contributed by atoms with Crippen LogP contribution in [0.1, 0.15) is 33.2 Å². The van der Waals surface area contributed by atoms with Crippen molar-refractivity contribution in [3.8, 4) is 0 Å². The second-order valence-corrected chi connectivity index (χ2v) is 6.68. The fraction of sp³-hybridized carbons (Fsp3) is 0.130. The SMILES string of the molecule is CCOC(=O)c1ccc(NC(=O)c2ccc(Cn3nnc4ccccc43)cc2)cc1. The maximum absolute atomic E-state index is 12.5. The maximum Gasteiger partial charge on any atom is 0.338 e. The van der Waals surface area contributed by atoms with Gasteiger partial charge in [0.2, 0.25) is 0 Å². The molecule has 0 aliphatic rings. The Morgan fingerprint density at radius 1 is 0.933 bits per heavy atom. The number of hydrogen-bond acceptors (Lipinski definition) is 5. The second-order valence-electron chi connectivity index (χ2n) is 6.68. The van der Waals surface area contributed by atoms with Crippen LogP contribution in [0.5, 0.6) is 0 Å². The summed E-state index contributed by atoms with van der Waals surface area (Å²) in [5.74, 6) is -0.609. The summed E-state index contributed by atoms with van der Waals surface area (Å²) >= 11 is 0. The van der Waals surface area contributed by atoms with Crippen LogP contribution < -0.4 is 5.32 Å². The Bertz CT molecular complexity index is 1180. The molecule has 0 aliphatic heterocycles. The zero-order valence-electron chi connectivity index (χ0n) is 16.4. The lowest BCUT2D eigenvalue weighted by molar-refractivity contribution is 0.0526. The number of carbonyl (C=O) groups excluding carboxylic acids is 2. The van der Waals surface area contributed by atoms with Gasteiger partial charge in [-0.2, -0.15) is 0 Å². The molecule has 30 heavy (non-hydrogen) atoms. The van der Waals surface area contributed by atoms with Gasteiger partial charge in [-0.25, -0.2) is 9.48 Å². The van der Waals surface area contributed by atoms with Gasteiger partial charge in [-0.1, -0.05) is 29.5 Å². The summed E-state index contributed by atoms with van der Waals surface area (Å²) in [6.07, 6.45) is 0. The number of ether oxygens (including phenoxy) is 1. The molecule has 3 aromatic carbocycles. The van der Waals surface area contributed by atoms with E-state index in [2.05, 4.69) is 15.6 Å². The predicted molar refractivity (Wildman–Crippen MR) is 113 cm³/mol. The Hall–Kier alpha value is -4.00. The first-order chi connectivity index (χ1) is 14.6. The molecule has 1 aromatic heterocycles. The first-order valence-corrected chi connectivity index (χ1v) is 9.60. The van der Waals surface area contributed by atoms with Gasteiger partial charge >= 0.3 is 5.97 Å². The molecule has 4 aromatic rings. The number of fused-ring (bicyclic) bond motifs is 1. The van der Waals surface area contributed by atoms with Crippen LogP contribution in [0.4, 0.5) is 5.69 Å². The Balaban J connectivity index is 1.41. The number of nitrogens with one attached hydrogen (secondary N) is 1. The molecule has 150 valence electrons. The van der Waals surface area contributed by atoms with Crippen LogP contribution in [0.2, 0.25) is 0 Å². The fourth-order valence-electron chi connectivity index (χ4n) is 3.08. The van der Waals surface area contributed by atoms with Crippen LogP contribution in [-0.2, 0) is 11.3 Å². The van der Waals surface area contributed by atoms with Gasteiger partial charge in [-0.3, -0.25) is 4.79 Å². The molecular formula is C23H20N4O3. The van der Waals surface area contributed by atoms with Crippen LogP contribution >= 0.6 is 0 Å². The topological polar surface area (TPSA) is 86.1 Å². The normalized spacial score (nSPS) is 10.7. The minimum atomic E-state index is -0.383. The van der Waals surface area contributed by atoms with Crippen LogP contribution in [0.25, 0.3) is 11.0 Å². The lowest BCUT2D eigenvalue weighted by atomic mass is 10.1. The highest BCUT2D eigenvalue weighted by molar-refractivity contribution is 6.04. The van der Waals surface area contributed by atoms with Crippen molar-refractivity contribution in [2.75, 3.05) is 11.9 Å². The Labute approximate surface area is 173 Å². The van der Waals surface area contributed by atoms with Crippen LogP contribution in [0.3, 0.4) is 0 Å². The number of aromatic nitrogens is 3. The number of para-hydroxylation sites is 1. The van der Waals surface area contributed by atoms with Crippen molar-refractivity contribution in [1.29, 1.82) is 0 Å². The molecule has 1 N–H and O–H groups in total. The minimum absolute atomic E-state index is 0.225. The number of benzene rings is 3. The van der Waals surface area contributed by atoms with E-state index < -0.39 is 0 Å². The average molecular weight is 400 g/mol. The summed E-state index contributed by atoms with van der Waals surface area (Å²) < 4.78 is 6.78. The van der Waals surface area contributed by atoms with E-state index in [1.807, 2.05) is 41.1 Å². The molecule has 1 amide bonds. The van der Waals surface area contributed by atoms with E-state index in [0.29, 0.717) is 30.0 Å². The van der Waals surface area contributed by atoms with E-state index >= 15 is 0 Å². The number of esters is 1.